The smallest absolute Gasteiger partial charge is 0.242 e. The number of aromatic nitrogens is 1. The Balaban J connectivity index is 2.13. The van der Waals surface area contributed by atoms with Crippen LogP contribution in [0.15, 0.2) is 6.07 Å². The molecule has 1 fully saturated rings. The number of hydrogen-bond acceptors (Lipinski definition) is 3. The second kappa shape index (κ2) is 5.35. The number of amides is 1. The van der Waals surface area contributed by atoms with Crippen molar-refractivity contribution in [2.24, 2.45) is 5.92 Å². The Hall–Kier alpha value is -1.96. The van der Waals surface area contributed by atoms with Gasteiger partial charge in [0.05, 0.1) is 5.69 Å². The van der Waals surface area contributed by atoms with Gasteiger partial charge < -0.3 is 15.2 Å². The Kier molecular flexibility index (Phi) is 3.79. The molecular weight excluding hydrogens is 240 g/mol. The monoisotopic (exact) mass is 260 g/mol. The maximum atomic E-state index is 12.3. The van der Waals surface area contributed by atoms with Gasteiger partial charge in [0.25, 0.3) is 0 Å². The predicted octanol–water partition coefficient (Wildman–Crippen LogP) is 1.51. The summed E-state index contributed by atoms with van der Waals surface area (Å²) in [6.07, 6.45) is 2.24. The number of rotatable bonds is 2. The van der Waals surface area contributed by atoms with Gasteiger partial charge in [0.15, 0.2) is 0 Å². The van der Waals surface area contributed by atoms with Crippen molar-refractivity contribution < 1.29 is 4.79 Å². The third-order valence-electron chi connectivity index (χ3n) is 3.82. The molecule has 1 atom stereocenters. The van der Waals surface area contributed by atoms with Gasteiger partial charge in [0.1, 0.15) is 18.3 Å². The summed E-state index contributed by atoms with van der Waals surface area (Å²) >= 11 is 0. The molecule has 5 nitrogen and oxygen atoms in total. The van der Waals surface area contributed by atoms with Crippen LogP contribution in [0.3, 0.4) is 0 Å². The number of hydrogen-bond donors (Lipinski definition) is 1. The second-order valence-corrected chi connectivity index (χ2v) is 5.36. The van der Waals surface area contributed by atoms with Gasteiger partial charge in [-0.2, -0.15) is 5.26 Å². The van der Waals surface area contributed by atoms with Crippen LogP contribution < -0.4 is 5.73 Å². The van der Waals surface area contributed by atoms with Crippen LogP contribution in [0.2, 0.25) is 0 Å². The van der Waals surface area contributed by atoms with Gasteiger partial charge in [-0.25, -0.2) is 0 Å². The fourth-order valence-corrected chi connectivity index (χ4v) is 2.61. The van der Waals surface area contributed by atoms with E-state index in [9.17, 15) is 4.79 Å². The first-order valence-corrected chi connectivity index (χ1v) is 6.66. The molecule has 0 spiro atoms. The molecule has 0 aliphatic carbocycles. The van der Waals surface area contributed by atoms with Crippen LogP contribution in [0.4, 0.5) is 5.69 Å². The molecular formula is C14H20N4O. The lowest BCUT2D eigenvalue weighted by molar-refractivity contribution is -0.133. The number of anilines is 1. The molecule has 19 heavy (non-hydrogen) atoms. The van der Waals surface area contributed by atoms with Gasteiger partial charge in [0.2, 0.25) is 5.91 Å². The van der Waals surface area contributed by atoms with Gasteiger partial charge in [0, 0.05) is 18.8 Å². The first kappa shape index (κ1) is 13.5. The molecule has 2 rings (SSSR count). The van der Waals surface area contributed by atoms with Gasteiger partial charge in [-0.3, -0.25) is 4.79 Å². The van der Waals surface area contributed by atoms with Crippen LogP contribution in [0.5, 0.6) is 0 Å². The number of nitriles is 1. The van der Waals surface area contributed by atoms with Crippen LogP contribution in [-0.2, 0) is 11.3 Å². The zero-order valence-corrected chi connectivity index (χ0v) is 11.5. The van der Waals surface area contributed by atoms with Crippen molar-refractivity contribution in [2.45, 2.75) is 33.2 Å². The van der Waals surface area contributed by atoms with Crippen molar-refractivity contribution in [1.82, 2.24) is 9.47 Å². The highest BCUT2D eigenvalue weighted by Gasteiger charge is 2.22. The zero-order valence-electron chi connectivity index (χ0n) is 11.5. The van der Waals surface area contributed by atoms with E-state index in [0.29, 0.717) is 17.3 Å². The number of piperidine rings is 1. The summed E-state index contributed by atoms with van der Waals surface area (Å²) in [5.41, 5.74) is 7.60. The maximum absolute atomic E-state index is 12.3. The number of nitrogens with two attached hydrogens (primary N) is 1. The molecule has 2 heterocycles. The van der Waals surface area contributed by atoms with Crippen molar-refractivity contribution in [2.75, 3.05) is 18.8 Å². The lowest BCUT2D eigenvalue weighted by atomic mass is 10.0. The summed E-state index contributed by atoms with van der Waals surface area (Å²) in [6.45, 7) is 5.84. The highest BCUT2D eigenvalue weighted by atomic mass is 16.2. The highest BCUT2D eigenvalue weighted by molar-refractivity contribution is 5.76. The minimum Gasteiger partial charge on any atom is -0.397 e. The van der Waals surface area contributed by atoms with E-state index in [2.05, 4.69) is 13.0 Å². The number of nitrogen functional groups attached to an aromatic ring is 1. The molecule has 1 amide bonds. The third-order valence-corrected chi connectivity index (χ3v) is 3.82. The van der Waals surface area contributed by atoms with Crippen molar-refractivity contribution in [3.8, 4) is 6.07 Å². The lowest BCUT2D eigenvalue weighted by Gasteiger charge is -2.31. The molecule has 1 aromatic heterocycles. The molecule has 1 saturated heterocycles. The van der Waals surface area contributed by atoms with Gasteiger partial charge >= 0.3 is 0 Å². The summed E-state index contributed by atoms with van der Waals surface area (Å²) in [6, 6.07) is 3.71. The van der Waals surface area contributed by atoms with E-state index in [1.54, 1.807) is 10.6 Å². The molecule has 0 unspecified atom stereocenters. The number of carbonyl (C=O) groups excluding carboxylic acids is 1. The van der Waals surface area contributed by atoms with Crippen LogP contribution >= 0.6 is 0 Å². The number of nitrogens with zero attached hydrogens (tertiary/aromatic N) is 3. The van der Waals surface area contributed by atoms with E-state index in [-0.39, 0.29) is 12.5 Å². The van der Waals surface area contributed by atoms with Gasteiger partial charge in [-0.15, -0.1) is 0 Å². The molecule has 0 bridgehead atoms. The largest absolute Gasteiger partial charge is 0.397 e. The minimum absolute atomic E-state index is 0.0711. The normalized spacial score (nSPS) is 19.2. The quantitative estimate of drug-likeness (QED) is 0.875. The van der Waals surface area contributed by atoms with E-state index < -0.39 is 0 Å². The highest BCUT2D eigenvalue weighted by Crippen LogP contribution is 2.19. The molecule has 0 aromatic carbocycles. The Morgan fingerprint density at radius 3 is 3.00 bits per heavy atom. The summed E-state index contributed by atoms with van der Waals surface area (Å²) in [4.78, 5) is 14.2. The van der Waals surface area contributed by atoms with Crippen molar-refractivity contribution in [3.05, 3.63) is 17.5 Å². The van der Waals surface area contributed by atoms with E-state index in [0.717, 1.165) is 25.2 Å². The van der Waals surface area contributed by atoms with E-state index in [1.165, 1.54) is 6.42 Å². The van der Waals surface area contributed by atoms with Crippen molar-refractivity contribution >= 4 is 11.6 Å². The Labute approximate surface area is 113 Å². The van der Waals surface area contributed by atoms with Crippen LogP contribution in [0, 0.1) is 24.2 Å². The Morgan fingerprint density at radius 1 is 1.63 bits per heavy atom. The standard InChI is InChI=1S/C14H20N4O/c1-10-4-3-5-17(8-10)14(19)9-18-11(2)13(16)6-12(18)7-15/h6,10H,3-5,8-9,16H2,1-2H3/t10-/m0/s1. The first-order valence-electron chi connectivity index (χ1n) is 6.66. The summed E-state index contributed by atoms with van der Waals surface area (Å²) < 4.78 is 1.71. The molecule has 2 N–H and O–H groups in total. The fraction of sp³-hybridized carbons (Fsp3) is 0.571. The molecule has 102 valence electrons. The van der Waals surface area contributed by atoms with E-state index in [4.69, 9.17) is 11.0 Å². The number of likely N-dealkylation sites (tertiary alicyclic amines) is 1. The Morgan fingerprint density at radius 2 is 2.37 bits per heavy atom. The average Bonchev–Trinajstić information content (AvgIpc) is 2.66. The van der Waals surface area contributed by atoms with E-state index in [1.807, 2.05) is 11.8 Å². The van der Waals surface area contributed by atoms with E-state index >= 15 is 0 Å². The molecule has 0 saturated carbocycles. The fourth-order valence-electron chi connectivity index (χ4n) is 2.61. The first-order chi connectivity index (χ1) is 9.02. The SMILES string of the molecule is Cc1c(N)cc(C#N)n1CC(=O)N1CCC[C@H](C)C1. The average molecular weight is 260 g/mol. The van der Waals surface area contributed by atoms with Crippen LogP contribution in [0.25, 0.3) is 0 Å². The topological polar surface area (TPSA) is 75.0 Å². The van der Waals surface area contributed by atoms with Gasteiger partial charge in [-0.1, -0.05) is 6.92 Å². The third kappa shape index (κ3) is 2.73. The molecule has 1 aliphatic heterocycles. The summed E-state index contributed by atoms with van der Waals surface area (Å²) in [5, 5.41) is 9.07. The summed E-state index contributed by atoms with van der Waals surface area (Å²) in [7, 11) is 0. The van der Waals surface area contributed by atoms with Gasteiger partial charge in [-0.05, 0) is 31.7 Å². The van der Waals surface area contributed by atoms with Crippen molar-refractivity contribution in [3.63, 3.8) is 0 Å². The van der Waals surface area contributed by atoms with Crippen LogP contribution in [0.1, 0.15) is 31.2 Å². The number of carbonyl (C=O) groups is 1. The van der Waals surface area contributed by atoms with Crippen LogP contribution in [-0.4, -0.2) is 28.5 Å². The maximum Gasteiger partial charge on any atom is 0.242 e. The molecule has 1 aromatic rings. The predicted molar refractivity (Wildman–Crippen MR) is 73.3 cm³/mol. The molecule has 5 heteroatoms. The Bertz CT molecular complexity index is 526. The second-order valence-electron chi connectivity index (χ2n) is 5.36. The lowest BCUT2D eigenvalue weighted by Crippen LogP contribution is -2.41. The summed E-state index contributed by atoms with van der Waals surface area (Å²) in [5.74, 6) is 0.630. The minimum atomic E-state index is 0.0711. The molecule has 0 radical (unpaired) electrons. The molecule has 1 aliphatic rings. The zero-order chi connectivity index (χ0) is 14.0. The van der Waals surface area contributed by atoms with Crippen molar-refractivity contribution in [1.29, 1.82) is 5.26 Å².